The zero-order valence-corrected chi connectivity index (χ0v) is 35.2. The highest BCUT2D eigenvalue weighted by molar-refractivity contribution is 6.23. The van der Waals surface area contributed by atoms with Gasteiger partial charge in [0.1, 0.15) is 12.1 Å². The number of benzene rings is 2. The number of imide groups is 2. The number of piperidine rings is 2. The van der Waals surface area contributed by atoms with Gasteiger partial charge in [-0.25, -0.2) is 14.8 Å². The smallest absolute Gasteiger partial charge is 0.326 e. The first kappa shape index (κ1) is 43.4. The summed E-state index contributed by atoms with van der Waals surface area (Å²) < 4.78 is 0. The van der Waals surface area contributed by atoms with Crippen LogP contribution in [0.25, 0.3) is 11.2 Å². The molecule has 6 amide bonds. The van der Waals surface area contributed by atoms with Gasteiger partial charge in [-0.3, -0.25) is 43.9 Å². The van der Waals surface area contributed by atoms with Gasteiger partial charge in [-0.05, 0) is 74.1 Å². The second kappa shape index (κ2) is 18.2. The van der Waals surface area contributed by atoms with E-state index in [9.17, 15) is 38.7 Å². The summed E-state index contributed by atoms with van der Waals surface area (Å²) in [5.41, 5.74) is 15.2. The topological polar surface area (TPSA) is 284 Å². The van der Waals surface area contributed by atoms with Gasteiger partial charge in [0.2, 0.25) is 23.7 Å². The second-order valence-corrected chi connectivity index (χ2v) is 16.6. The average Bonchev–Trinajstić information content (AvgIpc) is 3.53. The molecule has 21 heteroatoms. The van der Waals surface area contributed by atoms with Crippen LogP contribution in [0.5, 0.6) is 0 Å². The van der Waals surface area contributed by atoms with E-state index in [1.54, 1.807) is 47.5 Å². The first-order valence-electron chi connectivity index (χ1n) is 21.2. The molecular weight excluding hydrogens is 827 g/mol. The van der Waals surface area contributed by atoms with Crippen molar-refractivity contribution in [3.8, 4) is 0 Å². The van der Waals surface area contributed by atoms with Gasteiger partial charge in [0.15, 0.2) is 17.0 Å². The van der Waals surface area contributed by atoms with E-state index in [2.05, 4.69) is 40.4 Å². The fourth-order valence-corrected chi connectivity index (χ4v) is 8.76. The Morgan fingerprint density at radius 1 is 0.906 bits per heavy atom. The number of carbonyl (C=O) groups excluding carboxylic acids is 6. The van der Waals surface area contributed by atoms with Crippen LogP contribution in [-0.2, 0) is 25.7 Å². The van der Waals surface area contributed by atoms with Crippen LogP contribution >= 0.6 is 0 Å². The molecule has 3 fully saturated rings. The minimum atomic E-state index is -1.25. The van der Waals surface area contributed by atoms with Crippen LogP contribution in [0.2, 0.25) is 0 Å². The van der Waals surface area contributed by atoms with Crippen molar-refractivity contribution in [3.63, 3.8) is 0 Å². The highest BCUT2D eigenvalue weighted by Crippen LogP contribution is 2.31. The van der Waals surface area contributed by atoms with Crippen molar-refractivity contribution < 1.29 is 38.7 Å². The minimum absolute atomic E-state index is 0.00748. The Morgan fingerprint density at radius 2 is 1.62 bits per heavy atom. The molecule has 334 valence electrons. The highest BCUT2D eigenvalue weighted by Gasteiger charge is 2.45. The maximum Gasteiger partial charge on any atom is 0.326 e. The van der Waals surface area contributed by atoms with Gasteiger partial charge < -0.3 is 36.6 Å². The van der Waals surface area contributed by atoms with Gasteiger partial charge in [0, 0.05) is 82.6 Å². The first-order chi connectivity index (χ1) is 30.7. The molecule has 6 heterocycles. The van der Waals surface area contributed by atoms with Crippen LogP contribution < -0.4 is 31.9 Å². The molecule has 4 aliphatic rings. The zero-order chi connectivity index (χ0) is 45.2. The molecular formula is C43H49N13O8. The van der Waals surface area contributed by atoms with Crippen molar-refractivity contribution in [2.45, 2.75) is 57.2 Å². The number of rotatable bonds is 13. The molecule has 8 rings (SSSR count). The first-order valence-corrected chi connectivity index (χ1v) is 21.2. The lowest BCUT2D eigenvalue weighted by Gasteiger charge is -2.39. The fraction of sp³-hybridized carbons (Fsp3) is 0.419. The van der Waals surface area contributed by atoms with E-state index in [0.717, 1.165) is 48.8 Å². The standard InChI is InChI=1S/C43H49N13O8/c1-52(23-26-21-46-37-35(47-26)36(44)50-43(45)51-37)27-4-2-25(3-5-27)38(59)48-31(42(63)64)8-11-34(58)55-14-12-24(13-15-55)22-53-16-18-54(19-17-53)28-6-7-29-30(20-28)41(62)56(40(29)61)32-9-10-33(57)49-39(32)60/h2-7,20-21,24,31-32H,8-19,22-23H2,1H3,(H,48,59)(H,63,64)(H,49,57,60)(H4,44,45,46,50,51)/t31-,32?/m0/s1. The Hall–Kier alpha value is -7.29. The van der Waals surface area contributed by atoms with Crippen molar-refractivity contribution >= 4 is 75.7 Å². The van der Waals surface area contributed by atoms with Gasteiger partial charge in [0.05, 0.1) is 29.6 Å². The van der Waals surface area contributed by atoms with Crippen molar-refractivity contribution in [3.05, 3.63) is 71.0 Å². The van der Waals surface area contributed by atoms with Crippen molar-refractivity contribution in [2.24, 2.45) is 5.92 Å². The Morgan fingerprint density at radius 3 is 2.33 bits per heavy atom. The molecule has 2 aromatic carbocycles. The summed E-state index contributed by atoms with van der Waals surface area (Å²) >= 11 is 0. The van der Waals surface area contributed by atoms with Crippen molar-refractivity contribution in [1.82, 2.24) is 45.3 Å². The fourth-order valence-electron chi connectivity index (χ4n) is 8.76. The monoisotopic (exact) mass is 875 g/mol. The summed E-state index contributed by atoms with van der Waals surface area (Å²) in [6.45, 7) is 5.38. The third-order valence-electron chi connectivity index (χ3n) is 12.4. The summed E-state index contributed by atoms with van der Waals surface area (Å²) in [7, 11) is 1.84. The molecule has 0 bridgehead atoms. The lowest BCUT2D eigenvalue weighted by Crippen LogP contribution is -2.54. The quantitative estimate of drug-likeness (QED) is 0.115. The third-order valence-corrected chi connectivity index (χ3v) is 12.4. The van der Waals surface area contributed by atoms with Crippen LogP contribution in [0.15, 0.2) is 48.7 Å². The molecule has 0 aliphatic carbocycles. The van der Waals surface area contributed by atoms with E-state index < -0.39 is 47.6 Å². The Kier molecular flexibility index (Phi) is 12.3. The number of piperazine rings is 1. The number of amides is 6. The molecule has 1 unspecified atom stereocenters. The SMILES string of the molecule is CN(Cc1cnc2nc(N)nc(N)c2n1)c1ccc(C(=O)N[C@@H](CCC(=O)N2CCC(CN3CCN(c4ccc5c(c4)C(=O)N(C4CCC(=O)NC4=O)C5=O)CC3)CC2)C(=O)O)cc1. The van der Waals surface area contributed by atoms with E-state index >= 15 is 0 Å². The molecule has 2 aromatic heterocycles. The molecule has 4 aliphatic heterocycles. The summed E-state index contributed by atoms with van der Waals surface area (Å²) in [5, 5.41) is 14.7. The van der Waals surface area contributed by atoms with E-state index in [0.29, 0.717) is 55.5 Å². The lowest BCUT2D eigenvalue weighted by molar-refractivity contribution is -0.140. The number of likely N-dealkylation sites (tertiary alicyclic amines) is 1. The highest BCUT2D eigenvalue weighted by atomic mass is 16.4. The normalized spacial score (nSPS) is 18.8. The number of anilines is 4. The molecule has 64 heavy (non-hydrogen) atoms. The van der Waals surface area contributed by atoms with E-state index in [1.165, 1.54) is 0 Å². The number of fused-ring (bicyclic) bond motifs is 2. The van der Waals surface area contributed by atoms with Crippen LogP contribution in [0, 0.1) is 5.92 Å². The van der Waals surface area contributed by atoms with Gasteiger partial charge >= 0.3 is 5.97 Å². The van der Waals surface area contributed by atoms with Crippen LogP contribution in [-0.4, -0.2) is 146 Å². The number of hydrogen-bond donors (Lipinski definition) is 5. The minimum Gasteiger partial charge on any atom is -0.480 e. The Bertz CT molecular complexity index is 2520. The number of nitrogen functional groups attached to an aromatic ring is 2. The summed E-state index contributed by atoms with van der Waals surface area (Å²) in [6, 6.07) is 9.57. The predicted octanol–water partition coefficient (Wildman–Crippen LogP) is 0.646. The molecule has 4 aromatic rings. The van der Waals surface area contributed by atoms with Gasteiger partial charge in [-0.1, -0.05) is 0 Å². The number of hydrogen-bond acceptors (Lipinski definition) is 16. The summed E-state index contributed by atoms with van der Waals surface area (Å²) in [5.74, 6) is -3.54. The predicted molar refractivity (Wildman–Crippen MR) is 232 cm³/mol. The van der Waals surface area contributed by atoms with E-state index in [4.69, 9.17) is 11.5 Å². The van der Waals surface area contributed by atoms with Crippen LogP contribution in [0.1, 0.15) is 75.3 Å². The number of aliphatic carboxylic acids is 1. The third kappa shape index (κ3) is 9.24. The number of nitrogens with zero attached hydrogens (tertiary/aromatic N) is 9. The maximum absolute atomic E-state index is 13.3. The number of aromatic nitrogens is 4. The summed E-state index contributed by atoms with van der Waals surface area (Å²) in [6.07, 6.45) is 3.29. The summed E-state index contributed by atoms with van der Waals surface area (Å²) in [4.78, 5) is 115. The van der Waals surface area contributed by atoms with E-state index in [-0.39, 0.29) is 60.0 Å². The second-order valence-electron chi connectivity index (χ2n) is 16.6. The maximum atomic E-state index is 13.3. The molecule has 21 nitrogen and oxygen atoms in total. The number of carbonyl (C=O) groups is 7. The Labute approximate surface area is 367 Å². The Balaban J connectivity index is 0.756. The van der Waals surface area contributed by atoms with Crippen molar-refractivity contribution in [1.29, 1.82) is 0 Å². The molecule has 0 saturated carbocycles. The zero-order valence-electron chi connectivity index (χ0n) is 35.2. The average molecular weight is 876 g/mol. The molecule has 7 N–H and O–H groups in total. The van der Waals surface area contributed by atoms with Crippen LogP contribution in [0.4, 0.5) is 23.1 Å². The van der Waals surface area contributed by atoms with Gasteiger partial charge in [-0.2, -0.15) is 9.97 Å². The number of carboxylic acids is 1. The van der Waals surface area contributed by atoms with Crippen molar-refractivity contribution in [2.75, 3.05) is 74.1 Å². The van der Waals surface area contributed by atoms with Crippen LogP contribution in [0.3, 0.4) is 0 Å². The molecule has 3 saturated heterocycles. The largest absolute Gasteiger partial charge is 0.480 e. The number of carboxylic acid groups (broad SMARTS) is 1. The molecule has 0 radical (unpaired) electrons. The van der Waals surface area contributed by atoms with E-state index in [1.807, 2.05) is 18.0 Å². The van der Waals surface area contributed by atoms with Gasteiger partial charge in [-0.15, -0.1) is 0 Å². The lowest BCUT2D eigenvalue weighted by atomic mass is 9.95. The molecule has 0 spiro atoms. The molecule has 2 atom stereocenters. The van der Waals surface area contributed by atoms with Gasteiger partial charge in [0.25, 0.3) is 17.7 Å². The number of nitrogens with one attached hydrogen (secondary N) is 2. The number of nitrogens with two attached hydrogens (primary N) is 2.